The molecule has 5 heteroatoms. The van der Waals surface area contributed by atoms with Crippen molar-refractivity contribution in [3.05, 3.63) is 41.7 Å². The van der Waals surface area contributed by atoms with Crippen LogP contribution in [0.4, 0.5) is 5.69 Å². The van der Waals surface area contributed by atoms with Crippen LogP contribution in [0.1, 0.15) is 18.2 Å². The molecule has 0 spiro atoms. The predicted molar refractivity (Wildman–Crippen MR) is 85.8 cm³/mol. The predicted octanol–water partition coefficient (Wildman–Crippen LogP) is 3.46. The lowest BCUT2D eigenvalue weighted by molar-refractivity contribution is 0.577. The largest absolute Gasteiger partial charge is 0.545 e. The number of rotatable bonds is 3. The first-order valence-electron chi connectivity index (χ1n) is 6.81. The Morgan fingerprint density at radius 3 is 2.60 bits per heavy atom. The van der Waals surface area contributed by atoms with Crippen LogP contribution < -0.4 is 4.43 Å². The molecule has 0 radical (unpaired) electrons. The highest BCUT2D eigenvalue weighted by molar-refractivity contribution is 6.49. The van der Waals surface area contributed by atoms with Gasteiger partial charge < -0.3 is 4.43 Å². The lowest BCUT2D eigenvalue weighted by Crippen LogP contribution is -2.13. The first-order chi connectivity index (χ1) is 9.47. The van der Waals surface area contributed by atoms with E-state index in [-0.39, 0.29) is 0 Å². The van der Waals surface area contributed by atoms with E-state index in [2.05, 4.69) is 36.2 Å². The van der Waals surface area contributed by atoms with Crippen molar-refractivity contribution in [3.63, 3.8) is 0 Å². The fourth-order valence-corrected chi connectivity index (χ4v) is 2.71. The molecule has 0 bridgehead atoms. The molecule has 1 aromatic carbocycles. The van der Waals surface area contributed by atoms with Gasteiger partial charge in [0.2, 0.25) is 9.04 Å². The Bertz CT molecular complexity index is 632. The van der Waals surface area contributed by atoms with E-state index in [0.717, 1.165) is 28.5 Å². The molecule has 0 saturated carbocycles. The molecule has 1 heterocycles. The summed E-state index contributed by atoms with van der Waals surface area (Å²) in [4.78, 5) is 4.67. The van der Waals surface area contributed by atoms with Crippen LogP contribution in [0.25, 0.3) is 0 Å². The van der Waals surface area contributed by atoms with Gasteiger partial charge in [0.15, 0.2) is 0 Å². The van der Waals surface area contributed by atoms with Gasteiger partial charge in [0, 0.05) is 6.20 Å². The van der Waals surface area contributed by atoms with E-state index in [1.165, 1.54) is 0 Å². The number of aromatic nitrogens is 2. The summed E-state index contributed by atoms with van der Waals surface area (Å²) in [6, 6.07) is 8.01. The average Bonchev–Trinajstić information content (AvgIpc) is 2.80. The number of nitrogens with zero attached hydrogens (tertiary/aromatic N) is 3. The first-order valence-corrected chi connectivity index (χ1v) is 9.59. The molecule has 0 aliphatic rings. The van der Waals surface area contributed by atoms with Crippen LogP contribution in [0.15, 0.2) is 35.5 Å². The molecule has 20 heavy (non-hydrogen) atoms. The molecule has 4 nitrogen and oxygen atoms in total. The number of aliphatic imine (C=N–C) groups is 1. The normalized spacial score (nSPS) is 12.0. The zero-order valence-corrected chi connectivity index (χ0v) is 13.9. The van der Waals surface area contributed by atoms with E-state index >= 15 is 0 Å². The summed E-state index contributed by atoms with van der Waals surface area (Å²) in [5.74, 6) is 1.73. The summed E-state index contributed by atoms with van der Waals surface area (Å²) in [7, 11) is -1.16. The molecule has 0 aliphatic carbocycles. The zero-order chi connectivity index (χ0) is 14.7. The van der Waals surface area contributed by atoms with Gasteiger partial charge in [-0.2, -0.15) is 5.10 Å². The Hall–Kier alpha value is -1.88. The van der Waals surface area contributed by atoms with Gasteiger partial charge in [0.1, 0.15) is 17.3 Å². The molecule has 0 fully saturated rings. The third kappa shape index (κ3) is 3.36. The highest BCUT2D eigenvalue weighted by Crippen LogP contribution is 2.31. The summed E-state index contributed by atoms with van der Waals surface area (Å²) in [6.07, 6.45) is 1.92. The van der Waals surface area contributed by atoms with E-state index in [1.807, 2.05) is 38.2 Å². The van der Waals surface area contributed by atoms with E-state index < -0.39 is 9.04 Å². The maximum Gasteiger partial charge on any atom is 0.229 e. The molecule has 0 aliphatic heterocycles. The van der Waals surface area contributed by atoms with Gasteiger partial charge in [0.05, 0.1) is 5.69 Å². The van der Waals surface area contributed by atoms with Gasteiger partial charge in [-0.15, -0.1) is 0 Å². The van der Waals surface area contributed by atoms with E-state index in [9.17, 15) is 0 Å². The van der Waals surface area contributed by atoms with Crippen molar-refractivity contribution in [1.82, 2.24) is 9.78 Å². The number of para-hydroxylation sites is 1. The van der Waals surface area contributed by atoms with Gasteiger partial charge in [0.25, 0.3) is 0 Å². The summed E-state index contributed by atoms with van der Waals surface area (Å²) >= 11 is 0. The van der Waals surface area contributed by atoms with Crippen molar-refractivity contribution < 1.29 is 4.43 Å². The molecule has 2 aromatic rings. The van der Waals surface area contributed by atoms with Crippen molar-refractivity contribution in [2.24, 2.45) is 4.99 Å². The second-order valence-electron chi connectivity index (χ2n) is 5.15. The molecule has 2 rings (SSSR count). The monoisotopic (exact) mass is 287 g/mol. The maximum atomic E-state index is 6.02. The minimum Gasteiger partial charge on any atom is -0.545 e. The van der Waals surface area contributed by atoms with Gasteiger partial charge in [-0.1, -0.05) is 12.1 Å². The standard InChI is InChI=1S/C15H21N3OSi/c1-11-7-6-8-14(15(11)19-20(4)5)16-13(3)18-10-9-12(2)17-18/h6-10,20H,1-5H3. The summed E-state index contributed by atoms with van der Waals surface area (Å²) < 4.78 is 7.81. The first kappa shape index (κ1) is 14.5. The minimum absolute atomic E-state index is 0.832. The van der Waals surface area contributed by atoms with Crippen molar-refractivity contribution in [1.29, 1.82) is 0 Å². The molecule has 106 valence electrons. The third-order valence-corrected chi connectivity index (χ3v) is 3.59. The highest BCUT2D eigenvalue weighted by atomic mass is 28.3. The SMILES string of the molecule is CC(=Nc1cccc(C)c1O[SiH](C)C)n1ccc(C)n1. The second-order valence-corrected chi connectivity index (χ2v) is 7.48. The zero-order valence-electron chi connectivity index (χ0n) is 12.7. The number of benzene rings is 1. The number of hydrogen-bond acceptors (Lipinski definition) is 3. The molecule has 0 N–H and O–H groups in total. The quantitative estimate of drug-likeness (QED) is 0.493. The van der Waals surface area contributed by atoms with Crippen molar-refractivity contribution in [2.45, 2.75) is 33.9 Å². The highest BCUT2D eigenvalue weighted by Gasteiger charge is 2.09. The third-order valence-electron chi connectivity index (χ3n) is 2.88. The van der Waals surface area contributed by atoms with E-state index in [0.29, 0.717) is 0 Å². The van der Waals surface area contributed by atoms with Crippen LogP contribution in [0, 0.1) is 13.8 Å². The van der Waals surface area contributed by atoms with E-state index in [4.69, 9.17) is 4.43 Å². The lowest BCUT2D eigenvalue weighted by Gasteiger charge is -2.15. The lowest BCUT2D eigenvalue weighted by atomic mass is 10.2. The molecule has 1 aromatic heterocycles. The Balaban J connectivity index is 2.40. The summed E-state index contributed by atoms with van der Waals surface area (Å²) in [6.45, 7) is 10.3. The number of aryl methyl sites for hydroxylation is 2. The molecular weight excluding hydrogens is 266 g/mol. The van der Waals surface area contributed by atoms with Crippen LogP contribution in [0.5, 0.6) is 5.75 Å². The molecule has 0 saturated heterocycles. The molecule has 0 amide bonds. The van der Waals surface area contributed by atoms with Crippen molar-refractivity contribution in [2.75, 3.05) is 0 Å². The molecule has 0 atom stereocenters. The Morgan fingerprint density at radius 1 is 1.25 bits per heavy atom. The van der Waals surface area contributed by atoms with Crippen LogP contribution in [0.2, 0.25) is 13.1 Å². The Labute approximate surface area is 121 Å². The van der Waals surface area contributed by atoms with Crippen LogP contribution in [0.3, 0.4) is 0 Å². The van der Waals surface area contributed by atoms with Crippen LogP contribution in [-0.4, -0.2) is 24.7 Å². The topological polar surface area (TPSA) is 39.4 Å². The van der Waals surface area contributed by atoms with Gasteiger partial charge >= 0.3 is 0 Å². The maximum absolute atomic E-state index is 6.02. The van der Waals surface area contributed by atoms with Crippen molar-refractivity contribution in [3.8, 4) is 5.75 Å². The number of hydrogen-bond donors (Lipinski definition) is 0. The van der Waals surface area contributed by atoms with Crippen molar-refractivity contribution >= 4 is 20.6 Å². The molecular formula is C15H21N3OSi. The van der Waals surface area contributed by atoms with Gasteiger partial charge in [-0.3, -0.25) is 0 Å². The molecule has 0 unspecified atom stereocenters. The fourth-order valence-electron chi connectivity index (χ4n) is 1.93. The Morgan fingerprint density at radius 2 is 2.00 bits per heavy atom. The minimum atomic E-state index is -1.16. The average molecular weight is 287 g/mol. The van der Waals surface area contributed by atoms with E-state index in [1.54, 1.807) is 4.68 Å². The van der Waals surface area contributed by atoms with Gasteiger partial charge in [-0.25, -0.2) is 9.67 Å². The van der Waals surface area contributed by atoms with Crippen LogP contribution in [-0.2, 0) is 0 Å². The Kier molecular flexibility index (Phi) is 4.39. The van der Waals surface area contributed by atoms with Crippen LogP contribution >= 0.6 is 0 Å². The second kappa shape index (κ2) is 6.05. The fraction of sp³-hybridized carbons (Fsp3) is 0.333. The smallest absolute Gasteiger partial charge is 0.229 e. The summed E-state index contributed by atoms with van der Waals surface area (Å²) in [5.41, 5.74) is 2.98. The van der Waals surface area contributed by atoms with Gasteiger partial charge in [-0.05, 0) is 51.6 Å². The summed E-state index contributed by atoms with van der Waals surface area (Å²) in [5, 5.41) is 4.37.